The fourth-order valence-electron chi connectivity index (χ4n) is 2.88. The van der Waals surface area contributed by atoms with Gasteiger partial charge in [-0.1, -0.05) is 44.9 Å². The topological polar surface area (TPSA) is 29.9 Å². The first-order valence-corrected chi connectivity index (χ1v) is 7.26. The molecule has 0 fully saturated rings. The Hall–Kier alpha value is -1.35. The zero-order valence-electron chi connectivity index (χ0n) is 12.5. The lowest BCUT2D eigenvalue weighted by Gasteiger charge is -2.19. The number of fused-ring (bicyclic) bond motifs is 1. The number of aromatic nitrogens is 2. The molecular formula is C16H25N3. The Kier molecular flexibility index (Phi) is 4.59. The molecular weight excluding hydrogens is 234 g/mol. The predicted molar refractivity (Wildman–Crippen MR) is 81.2 cm³/mol. The van der Waals surface area contributed by atoms with Gasteiger partial charge in [0.05, 0.1) is 17.3 Å². The van der Waals surface area contributed by atoms with E-state index in [9.17, 15) is 0 Å². The van der Waals surface area contributed by atoms with E-state index in [1.807, 2.05) is 18.8 Å². The molecule has 2 aromatic rings. The number of benzene rings is 1. The Labute approximate surface area is 116 Å². The fourth-order valence-corrected chi connectivity index (χ4v) is 2.88. The molecule has 1 N–H and O–H groups in total. The third kappa shape index (κ3) is 2.98. The van der Waals surface area contributed by atoms with Crippen LogP contribution in [-0.4, -0.2) is 16.8 Å². The fraction of sp³-hybridized carbons (Fsp3) is 0.562. The second-order valence-electron chi connectivity index (χ2n) is 5.50. The van der Waals surface area contributed by atoms with Gasteiger partial charge >= 0.3 is 0 Å². The molecule has 2 atom stereocenters. The summed E-state index contributed by atoms with van der Waals surface area (Å²) in [5.41, 5.74) is 2.39. The molecule has 0 amide bonds. The van der Waals surface area contributed by atoms with E-state index in [-0.39, 0.29) is 0 Å². The average Bonchev–Trinajstić information content (AvgIpc) is 2.74. The number of hydrogen-bond donors (Lipinski definition) is 1. The normalized spacial score (nSPS) is 14.7. The van der Waals surface area contributed by atoms with Crippen molar-refractivity contribution < 1.29 is 0 Å². The van der Waals surface area contributed by atoms with Gasteiger partial charge in [-0.2, -0.15) is 5.10 Å². The van der Waals surface area contributed by atoms with Gasteiger partial charge in [0.25, 0.3) is 0 Å². The lowest BCUT2D eigenvalue weighted by Crippen LogP contribution is -2.20. The third-order valence-electron chi connectivity index (χ3n) is 3.88. The number of hydrogen-bond acceptors (Lipinski definition) is 2. The van der Waals surface area contributed by atoms with Crippen molar-refractivity contribution in [2.75, 3.05) is 7.05 Å². The van der Waals surface area contributed by atoms with E-state index in [4.69, 9.17) is 5.10 Å². The van der Waals surface area contributed by atoms with Gasteiger partial charge in [-0.25, -0.2) is 0 Å². The summed E-state index contributed by atoms with van der Waals surface area (Å²) in [6.07, 6.45) is 3.68. The van der Waals surface area contributed by atoms with E-state index in [2.05, 4.69) is 43.4 Å². The van der Waals surface area contributed by atoms with Crippen molar-refractivity contribution in [1.29, 1.82) is 0 Å². The van der Waals surface area contributed by atoms with Crippen molar-refractivity contribution in [2.24, 2.45) is 13.0 Å². The largest absolute Gasteiger partial charge is 0.312 e. The minimum Gasteiger partial charge on any atom is -0.312 e. The molecule has 0 aliphatic heterocycles. The molecule has 3 heteroatoms. The van der Waals surface area contributed by atoms with Crippen molar-refractivity contribution in [3.05, 3.63) is 30.0 Å². The molecule has 3 nitrogen and oxygen atoms in total. The standard InChI is InChI=1S/C16H25N3/c1-5-8-12(2)11-14(17-3)16-13-9-6-7-10-15(13)19(4)18-16/h6-7,9-10,12,14,17H,5,8,11H2,1-4H3. The molecule has 0 bridgehead atoms. The van der Waals surface area contributed by atoms with Gasteiger partial charge in [0, 0.05) is 12.4 Å². The Balaban J connectivity index is 2.30. The van der Waals surface area contributed by atoms with E-state index in [1.54, 1.807) is 0 Å². The lowest BCUT2D eigenvalue weighted by atomic mass is 9.94. The van der Waals surface area contributed by atoms with E-state index in [1.165, 1.54) is 29.4 Å². The van der Waals surface area contributed by atoms with Crippen molar-refractivity contribution in [3.63, 3.8) is 0 Å². The van der Waals surface area contributed by atoms with Gasteiger partial charge < -0.3 is 5.32 Å². The molecule has 0 radical (unpaired) electrons. The average molecular weight is 259 g/mol. The van der Waals surface area contributed by atoms with E-state index in [0.717, 1.165) is 12.3 Å². The Morgan fingerprint density at radius 1 is 1.32 bits per heavy atom. The van der Waals surface area contributed by atoms with Gasteiger partial charge in [-0.05, 0) is 25.5 Å². The van der Waals surface area contributed by atoms with Crippen LogP contribution in [0.2, 0.25) is 0 Å². The van der Waals surface area contributed by atoms with Gasteiger partial charge in [-0.15, -0.1) is 0 Å². The van der Waals surface area contributed by atoms with Crippen molar-refractivity contribution >= 4 is 10.9 Å². The maximum absolute atomic E-state index is 4.73. The summed E-state index contributed by atoms with van der Waals surface area (Å²) in [5.74, 6) is 0.725. The summed E-state index contributed by atoms with van der Waals surface area (Å²) < 4.78 is 1.99. The minimum atomic E-state index is 0.340. The SMILES string of the molecule is CCCC(C)CC(NC)c1nn(C)c2ccccc12. The first kappa shape index (κ1) is 14.1. The quantitative estimate of drug-likeness (QED) is 0.858. The number of nitrogens with one attached hydrogen (secondary N) is 1. The summed E-state index contributed by atoms with van der Waals surface area (Å²) in [6, 6.07) is 8.81. The highest BCUT2D eigenvalue weighted by atomic mass is 15.3. The van der Waals surface area contributed by atoms with Crippen LogP contribution in [0.25, 0.3) is 10.9 Å². The maximum Gasteiger partial charge on any atom is 0.0872 e. The minimum absolute atomic E-state index is 0.340. The molecule has 0 saturated carbocycles. The first-order chi connectivity index (χ1) is 9.17. The summed E-state index contributed by atoms with van der Waals surface area (Å²) in [6.45, 7) is 4.58. The second kappa shape index (κ2) is 6.20. The van der Waals surface area contributed by atoms with Crippen LogP contribution < -0.4 is 5.32 Å². The molecule has 0 aliphatic carbocycles. The zero-order chi connectivity index (χ0) is 13.8. The highest BCUT2D eigenvalue weighted by Gasteiger charge is 2.19. The second-order valence-corrected chi connectivity index (χ2v) is 5.50. The molecule has 2 unspecified atom stereocenters. The van der Waals surface area contributed by atoms with Crippen LogP contribution in [0.3, 0.4) is 0 Å². The summed E-state index contributed by atoms with van der Waals surface area (Å²) in [7, 11) is 4.06. The lowest BCUT2D eigenvalue weighted by molar-refractivity contribution is 0.401. The molecule has 0 spiro atoms. The molecule has 104 valence electrons. The summed E-state index contributed by atoms with van der Waals surface area (Å²) in [5, 5.41) is 9.44. The highest BCUT2D eigenvalue weighted by Crippen LogP contribution is 2.28. The predicted octanol–water partition coefficient (Wildman–Crippen LogP) is 3.66. The van der Waals surface area contributed by atoms with Gasteiger partial charge in [0.15, 0.2) is 0 Å². The Morgan fingerprint density at radius 3 is 2.74 bits per heavy atom. The highest BCUT2D eigenvalue weighted by molar-refractivity contribution is 5.82. The molecule has 0 aliphatic rings. The Morgan fingerprint density at radius 2 is 2.05 bits per heavy atom. The van der Waals surface area contributed by atoms with Crippen molar-refractivity contribution in [3.8, 4) is 0 Å². The van der Waals surface area contributed by atoms with Gasteiger partial charge in [0.2, 0.25) is 0 Å². The molecule has 2 rings (SSSR count). The van der Waals surface area contributed by atoms with Crippen LogP contribution in [-0.2, 0) is 7.05 Å². The third-order valence-corrected chi connectivity index (χ3v) is 3.88. The summed E-state index contributed by atoms with van der Waals surface area (Å²) in [4.78, 5) is 0. The number of aryl methyl sites for hydroxylation is 1. The summed E-state index contributed by atoms with van der Waals surface area (Å²) >= 11 is 0. The van der Waals surface area contributed by atoms with Crippen LogP contribution in [0, 0.1) is 5.92 Å². The van der Waals surface area contributed by atoms with Crippen LogP contribution >= 0.6 is 0 Å². The number of nitrogens with zero attached hydrogens (tertiary/aromatic N) is 2. The molecule has 1 heterocycles. The van der Waals surface area contributed by atoms with Gasteiger partial charge in [-0.3, -0.25) is 4.68 Å². The van der Waals surface area contributed by atoms with E-state index < -0.39 is 0 Å². The van der Waals surface area contributed by atoms with Gasteiger partial charge in [0.1, 0.15) is 0 Å². The molecule has 19 heavy (non-hydrogen) atoms. The van der Waals surface area contributed by atoms with Crippen LogP contribution in [0.4, 0.5) is 0 Å². The smallest absolute Gasteiger partial charge is 0.0872 e. The van der Waals surface area contributed by atoms with E-state index >= 15 is 0 Å². The Bertz CT molecular complexity index is 530. The number of rotatable bonds is 6. The van der Waals surface area contributed by atoms with Crippen LogP contribution in [0.5, 0.6) is 0 Å². The van der Waals surface area contributed by atoms with Crippen molar-refractivity contribution in [1.82, 2.24) is 15.1 Å². The zero-order valence-corrected chi connectivity index (χ0v) is 12.5. The first-order valence-electron chi connectivity index (χ1n) is 7.26. The van der Waals surface area contributed by atoms with Crippen molar-refractivity contribution in [2.45, 2.75) is 39.2 Å². The maximum atomic E-state index is 4.73. The number of para-hydroxylation sites is 1. The van der Waals surface area contributed by atoms with E-state index in [0.29, 0.717) is 6.04 Å². The monoisotopic (exact) mass is 259 g/mol. The molecule has 1 aromatic carbocycles. The molecule has 0 saturated heterocycles. The molecule has 1 aromatic heterocycles. The van der Waals surface area contributed by atoms with Crippen LogP contribution in [0.15, 0.2) is 24.3 Å². The van der Waals surface area contributed by atoms with Crippen LogP contribution in [0.1, 0.15) is 44.8 Å².